The fourth-order valence-electron chi connectivity index (χ4n) is 0.872. The minimum absolute atomic E-state index is 0.175. The molecule has 0 spiro atoms. The summed E-state index contributed by atoms with van der Waals surface area (Å²) in [4.78, 5) is 0. The van der Waals surface area contributed by atoms with Gasteiger partial charge >= 0.3 is 0 Å². The molecule has 0 radical (unpaired) electrons. The molecule has 0 unspecified atom stereocenters. The smallest absolute Gasteiger partial charge is 0.279 e. The zero-order valence-corrected chi connectivity index (χ0v) is 9.26. The van der Waals surface area contributed by atoms with Gasteiger partial charge in [-0.3, -0.25) is 0 Å². The molecule has 14 heavy (non-hydrogen) atoms. The summed E-state index contributed by atoms with van der Waals surface area (Å²) in [6.07, 6.45) is 0. The maximum Gasteiger partial charge on any atom is 0.279 e. The van der Waals surface area contributed by atoms with Crippen molar-refractivity contribution >= 4 is 10.2 Å². The van der Waals surface area contributed by atoms with Crippen molar-refractivity contribution in [2.75, 3.05) is 14.1 Å². The Morgan fingerprint density at radius 2 is 2.07 bits per heavy atom. The monoisotopic (exact) mass is 218 g/mol. The Hall–Kier alpha value is -0.850. The minimum atomic E-state index is -3.36. The second-order valence-corrected chi connectivity index (χ2v) is 5.09. The molecular weight excluding hydrogens is 204 g/mol. The summed E-state index contributed by atoms with van der Waals surface area (Å²) in [7, 11) is -0.428. The number of hydrogen-bond donors (Lipinski definition) is 1. The predicted molar refractivity (Wildman–Crippen MR) is 52.9 cm³/mol. The maximum absolute atomic E-state index is 11.3. The molecule has 0 saturated heterocycles. The highest BCUT2D eigenvalue weighted by Crippen LogP contribution is 2.06. The first-order valence-electron chi connectivity index (χ1n) is 4.14. The topological polar surface area (TPSA) is 62.6 Å². The van der Waals surface area contributed by atoms with E-state index in [1.165, 1.54) is 14.1 Å². The van der Waals surface area contributed by atoms with Crippen molar-refractivity contribution < 1.29 is 12.8 Å². The van der Waals surface area contributed by atoms with Crippen molar-refractivity contribution in [2.24, 2.45) is 0 Å². The van der Waals surface area contributed by atoms with Gasteiger partial charge in [0, 0.05) is 14.1 Å². The number of hydrogen-bond acceptors (Lipinski definition) is 3. The third-order valence-electron chi connectivity index (χ3n) is 1.71. The molecule has 1 heterocycles. The van der Waals surface area contributed by atoms with Crippen LogP contribution in [0.4, 0.5) is 0 Å². The van der Waals surface area contributed by atoms with Crippen molar-refractivity contribution in [3.63, 3.8) is 0 Å². The largest absolute Gasteiger partial charge is 0.465 e. The van der Waals surface area contributed by atoms with E-state index in [2.05, 4.69) is 4.72 Å². The first kappa shape index (κ1) is 11.2. The van der Waals surface area contributed by atoms with Crippen LogP contribution < -0.4 is 4.72 Å². The van der Waals surface area contributed by atoms with Crippen molar-refractivity contribution in [3.8, 4) is 0 Å². The summed E-state index contributed by atoms with van der Waals surface area (Å²) in [5, 5.41) is 0. The van der Waals surface area contributed by atoms with Gasteiger partial charge in [-0.2, -0.15) is 17.4 Å². The Balaban J connectivity index is 2.57. The Kier molecular flexibility index (Phi) is 3.30. The molecule has 5 nitrogen and oxygen atoms in total. The van der Waals surface area contributed by atoms with E-state index in [0.717, 1.165) is 10.1 Å². The predicted octanol–water partition coefficient (Wildman–Crippen LogP) is 0.484. The van der Waals surface area contributed by atoms with Crippen molar-refractivity contribution in [2.45, 2.75) is 13.5 Å². The van der Waals surface area contributed by atoms with Crippen LogP contribution in [0.2, 0.25) is 0 Å². The van der Waals surface area contributed by atoms with E-state index in [4.69, 9.17) is 4.42 Å². The standard InChI is InChI=1S/C8H14N2O3S/c1-7-4-5-8(13-7)6-9-14(11,12)10(2)3/h4-5,9H,6H2,1-3H3. The molecule has 80 valence electrons. The Bertz CT molecular complexity index is 394. The summed E-state index contributed by atoms with van der Waals surface area (Å²) in [5.41, 5.74) is 0. The van der Waals surface area contributed by atoms with E-state index in [9.17, 15) is 8.42 Å². The van der Waals surface area contributed by atoms with Crippen LogP contribution in [0, 0.1) is 6.92 Å². The van der Waals surface area contributed by atoms with Crippen LogP contribution in [0.25, 0.3) is 0 Å². The van der Waals surface area contributed by atoms with Crippen molar-refractivity contribution in [1.29, 1.82) is 0 Å². The third-order valence-corrected chi connectivity index (χ3v) is 3.18. The van der Waals surface area contributed by atoms with Gasteiger partial charge < -0.3 is 4.42 Å². The van der Waals surface area contributed by atoms with E-state index in [-0.39, 0.29) is 6.54 Å². The average molecular weight is 218 g/mol. The average Bonchev–Trinajstić information content (AvgIpc) is 2.48. The zero-order chi connectivity index (χ0) is 10.8. The Morgan fingerprint density at radius 3 is 2.50 bits per heavy atom. The normalized spacial score (nSPS) is 12.3. The van der Waals surface area contributed by atoms with Crippen LogP contribution in [0.1, 0.15) is 11.5 Å². The van der Waals surface area contributed by atoms with Crippen molar-refractivity contribution in [3.05, 3.63) is 23.7 Å². The second-order valence-electron chi connectivity index (χ2n) is 3.12. The molecule has 1 rings (SSSR count). The molecule has 1 aromatic heterocycles. The number of nitrogens with zero attached hydrogens (tertiary/aromatic N) is 1. The van der Waals surface area contributed by atoms with Crippen LogP contribution in [0.15, 0.2) is 16.5 Å². The molecule has 1 aromatic rings. The van der Waals surface area contributed by atoms with Crippen LogP contribution >= 0.6 is 0 Å². The van der Waals surface area contributed by atoms with Crippen LogP contribution in [-0.4, -0.2) is 26.8 Å². The van der Waals surface area contributed by atoms with E-state index >= 15 is 0 Å². The lowest BCUT2D eigenvalue weighted by Crippen LogP contribution is -2.35. The van der Waals surface area contributed by atoms with Gasteiger partial charge in [0.15, 0.2) is 0 Å². The van der Waals surface area contributed by atoms with E-state index in [0.29, 0.717) is 5.76 Å². The number of rotatable bonds is 4. The molecule has 0 aliphatic rings. The molecule has 1 N–H and O–H groups in total. The lowest BCUT2D eigenvalue weighted by Gasteiger charge is -2.10. The molecule has 0 amide bonds. The fourth-order valence-corrected chi connectivity index (χ4v) is 1.45. The summed E-state index contributed by atoms with van der Waals surface area (Å²) in [5.74, 6) is 1.37. The summed E-state index contributed by atoms with van der Waals surface area (Å²) in [6.45, 7) is 1.98. The first-order valence-corrected chi connectivity index (χ1v) is 5.58. The van der Waals surface area contributed by atoms with Gasteiger partial charge in [-0.05, 0) is 19.1 Å². The van der Waals surface area contributed by atoms with E-state index in [1.54, 1.807) is 12.1 Å². The first-order chi connectivity index (χ1) is 6.42. The van der Waals surface area contributed by atoms with Gasteiger partial charge in [-0.15, -0.1) is 0 Å². The van der Waals surface area contributed by atoms with Crippen LogP contribution in [-0.2, 0) is 16.8 Å². The lowest BCUT2D eigenvalue weighted by molar-refractivity contribution is 0.463. The second kappa shape index (κ2) is 4.12. The zero-order valence-electron chi connectivity index (χ0n) is 8.44. The number of furan rings is 1. The van der Waals surface area contributed by atoms with Crippen LogP contribution in [0.5, 0.6) is 0 Å². The van der Waals surface area contributed by atoms with Gasteiger partial charge in [-0.25, -0.2) is 0 Å². The van der Waals surface area contributed by atoms with Gasteiger partial charge in [0.25, 0.3) is 10.2 Å². The molecule has 0 saturated carbocycles. The SMILES string of the molecule is Cc1ccc(CNS(=O)(=O)N(C)C)o1. The highest BCUT2D eigenvalue weighted by Gasteiger charge is 2.12. The van der Waals surface area contributed by atoms with E-state index < -0.39 is 10.2 Å². The molecule has 0 aliphatic heterocycles. The van der Waals surface area contributed by atoms with E-state index in [1.807, 2.05) is 6.92 Å². The maximum atomic E-state index is 11.3. The van der Waals surface area contributed by atoms with Crippen molar-refractivity contribution in [1.82, 2.24) is 9.03 Å². The van der Waals surface area contributed by atoms with Gasteiger partial charge in [0.2, 0.25) is 0 Å². The number of nitrogens with one attached hydrogen (secondary N) is 1. The highest BCUT2D eigenvalue weighted by molar-refractivity contribution is 7.87. The molecular formula is C8H14N2O3S. The van der Waals surface area contributed by atoms with Gasteiger partial charge in [0.1, 0.15) is 11.5 Å². The Labute approximate surface area is 83.9 Å². The van der Waals surface area contributed by atoms with Gasteiger partial charge in [-0.1, -0.05) is 0 Å². The molecule has 0 bridgehead atoms. The number of aryl methyl sites for hydroxylation is 1. The molecule has 0 atom stereocenters. The summed E-state index contributed by atoms with van der Waals surface area (Å²) < 4.78 is 31.3. The quantitative estimate of drug-likeness (QED) is 0.799. The lowest BCUT2D eigenvalue weighted by atomic mass is 10.4. The molecule has 0 fully saturated rings. The van der Waals surface area contributed by atoms with Gasteiger partial charge in [0.05, 0.1) is 6.54 Å². The Morgan fingerprint density at radius 1 is 1.43 bits per heavy atom. The fraction of sp³-hybridized carbons (Fsp3) is 0.500. The summed E-state index contributed by atoms with van der Waals surface area (Å²) in [6, 6.07) is 3.53. The molecule has 0 aromatic carbocycles. The summed E-state index contributed by atoms with van der Waals surface area (Å²) >= 11 is 0. The minimum Gasteiger partial charge on any atom is -0.465 e. The molecule has 6 heteroatoms. The molecule has 0 aliphatic carbocycles. The van der Waals surface area contributed by atoms with Crippen LogP contribution in [0.3, 0.4) is 0 Å². The highest BCUT2D eigenvalue weighted by atomic mass is 32.2. The third kappa shape index (κ3) is 2.83.